The van der Waals surface area contributed by atoms with Crippen molar-refractivity contribution in [2.24, 2.45) is 5.41 Å². The molecule has 2 heterocycles. The Morgan fingerprint density at radius 1 is 1.45 bits per heavy atom. The smallest absolute Gasteiger partial charge is 0.261 e. The lowest BCUT2D eigenvalue weighted by Gasteiger charge is -2.29. The van der Waals surface area contributed by atoms with Gasteiger partial charge in [-0.25, -0.2) is 0 Å². The molecule has 5 heteroatoms. The van der Waals surface area contributed by atoms with Gasteiger partial charge in [0.1, 0.15) is 0 Å². The van der Waals surface area contributed by atoms with Crippen molar-refractivity contribution in [3.8, 4) is 0 Å². The Labute approximate surface area is 134 Å². The molecule has 0 aliphatic carbocycles. The molecule has 1 aliphatic rings. The Morgan fingerprint density at radius 3 is 2.80 bits per heavy atom. The minimum Gasteiger partial charge on any atom is -0.351 e. The highest BCUT2D eigenvalue weighted by atomic mass is 35.5. The average molecular weight is 332 g/mol. The van der Waals surface area contributed by atoms with Gasteiger partial charge in [-0.15, -0.1) is 22.9 Å². The molecular weight excluding hydrogens is 310 g/mol. The van der Waals surface area contributed by atoms with Crippen LogP contribution in [0.1, 0.15) is 46.8 Å². The summed E-state index contributed by atoms with van der Waals surface area (Å²) in [5.41, 5.74) is 1.38. The van der Waals surface area contributed by atoms with Crippen LogP contribution in [0, 0.1) is 5.41 Å². The van der Waals surface area contributed by atoms with Gasteiger partial charge >= 0.3 is 0 Å². The highest BCUT2D eigenvalue weighted by Gasteiger charge is 2.26. The van der Waals surface area contributed by atoms with Crippen molar-refractivity contribution in [3.63, 3.8) is 0 Å². The monoisotopic (exact) mass is 331 g/mol. The second kappa shape index (κ2) is 7.19. The van der Waals surface area contributed by atoms with Gasteiger partial charge in [-0.05, 0) is 36.6 Å². The SMILES string of the molecule is CCC(CC)(CCl)CNC(=O)c1cc2c(s1)CCSC2. The third kappa shape index (κ3) is 3.52. The van der Waals surface area contributed by atoms with Crippen LogP contribution in [0.15, 0.2) is 6.07 Å². The molecule has 0 aromatic carbocycles. The van der Waals surface area contributed by atoms with Crippen LogP contribution in [-0.2, 0) is 12.2 Å². The first kappa shape index (κ1) is 16.2. The van der Waals surface area contributed by atoms with Crippen LogP contribution in [0.4, 0.5) is 0 Å². The zero-order chi connectivity index (χ0) is 14.6. The molecule has 1 amide bonds. The molecule has 0 saturated carbocycles. The van der Waals surface area contributed by atoms with Crippen LogP contribution in [0.5, 0.6) is 0 Å². The number of rotatable bonds is 6. The number of hydrogen-bond donors (Lipinski definition) is 1. The standard InChI is InChI=1S/C15H22ClNOS2/c1-3-15(4-2,9-16)10-17-14(18)13-7-11-8-19-6-5-12(11)20-13/h7H,3-6,8-10H2,1-2H3,(H,17,18). The van der Waals surface area contributed by atoms with Crippen LogP contribution in [0.3, 0.4) is 0 Å². The summed E-state index contributed by atoms with van der Waals surface area (Å²) in [6.45, 7) is 4.94. The Hall–Kier alpha value is -0.190. The van der Waals surface area contributed by atoms with Crippen molar-refractivity contribution in [3.05, 3.63) is 21.4 Å². The van der Waals surface area contributed by atoms with Gasteiger partial charge < -0.3 is 5.32 Å². The van der Waals surface area contributed by atoms with Crippen LogP contribution in [0.25, 0.3) is 0 Å². The summed E-state index contributed by atoms with van der Waals surface area (Å²) >= 11 is 9.69. The molecule has 0 unspecified atom stereocenters. The van der Waals surface area contributed by atoms with E-state index >= 15 is 0 Å². The number of alkyl halides is 1. The lowest BCUT2D eigenvalue weighted by atomic mass is 9.84. The summed E-state index contributed by atoms with van der Waals surface area (Å²) in [6.07, 6.45) is 3.09. The summed E-state index contributed by atoms with van der Waals surface area (Å²) < 4.78 is 0. The molecule has 1 N–H and O–H groups in total. The highest BCUT2D eigenvalue weighted by Crippen LogP contribution is 2.32. The zero-order valence-corrected chi connectivity index (χ0v) is 14.5. The van der Waals surface area contributed by atoms with Crippen molar-refractivity contribution in [1.29, 1.82) is 0 Å². The summed E-state index contributed by atoms with van der Waals surface area (Å²) in [5.74, 6) is 2.88. The molecule has 0 saturated heterocycles. The number of aryl methyl sites for hydroxylation is 1. The lowest BCUT2D eigenvalue weighted by molar-refractivity contribution is 0.0936. The van der Waals surface area contributed by atoms with Gasteiger partial charge in [-0.3, -0.25) is 4.79 Å². The second-order valence-electron chi connectivity index (χ2n) is 5.39. The molecule has 2 nitrogen and oxygen atoms in total. The maximum Gasteiger partial charge on any atom is 0.261 e. The predicted molar refractivity (Wildman–Crippen MR) is 90.3 cm³/mol. The molecule has 0 fully saturated rings. The van der Waals surface area contributed by atoms with E-state index in [1.807, 2.05) is 11.8 Å². The third-order valence-corrected chi connectivity index (χ3v) is 7.07. The van der Waals surface area contributed by atoms with Crippen molar-refractivity contribution in [2.45, 2.75) is 38.9 Å². The Bertz CT molecular complexity index is 437. The first-order valence-corrected chi connectivity index (χ1v) is 9.68. The van der Waals surface area contributed by atoms with E-state index in [0.717, 1.165) is 29.9 Å². The fraction of sp³-hybridized carbons (Fsp3) is 0.667. The Morgan fingerprint density at radius 2 is 2.20 bits per heavy atom. The van der Waals surface area contributed by atoms with Crippen LogP contribution >= 0.6 is 34.7 Å². The topological polar surface area (TPSA) is 29.1 Å². The van der Waals surface area contributed by atoms with E-state index in [2.05, 4.69) is 25.2 Å². The normalized spacial score (nSPS) is 14.9. The second-order valence-corrected chi connectivity index (χ2v) is 7.89. The highest BCUT2D eigenvalue weighted by molar-refractivity contribution is 7.98. The zero-order valence-electron chi connectivity index (χ0n) is 12.1. The summed E-state index contributed by atoms with van der Waals surface area (Å²) in [5, 5.41) is 3.08. The minimum absolute atomic E-state index is 0.0317. The van der Waals surface area contributed by atoms with E-state index < -0.39 is 0 Å². The number of thiophene rings is 1. The van der Waals surface area contributed by atoms with E-state index in [1.165, 1.54) is 16.2 Å². The van der Waals surface area contributed by atoms with Crippen molar-refractivity contribution < 1.29 is 4.79 Å². The van der Waals surface area contributed by atoms with Crippen molar-refractivity contribution in [2.75, 3.05) is 18.2 Å². The molecule has 20 heavy (non-hydrogen) atoms. The molecule has 0 bridgehead atoms. The van der Waals surface area contributed by atoms with E-state index in [0.29, 0.717) is 12.4 Å². The minimum atomic E-state index is 0.0317. The molecule has 0 radical (unpaired) electrons. The van der Waals surface area contributed by atoms with E-state index in [1.54, 1.807) is 11.3 Å². The number of halogens is 1. The van der Waals surface area contributed by atoms with Gasteiger partial charge in [-0.2, -0.15) is 11.8 Å². The number of carbonyl (C=O) groups is 1. The first-order chi connectivity index (χ1) is 9.64. The van der Waals surface area contributed by atoms with Gasteiger partial charge in [0.25, 0.3) is 5.91 Å². The van der Waals surface area contributed by atoms with Gasteiger partial charge in [0.15, 0.2) is 0 Å². The molecular formula is C15H22ClNOS2. The molecule has 1 aromatic rings. The molecule has 0 atom stereocenters. The van der Waals surface area contributed by atoms with E-state index in [9.17, 15) is 4.79 Å². The van der Waals surface area contributed by atoms with Crippen LogP contribution in [0.2, 0.25) is 0 Å². The van der Waals surface area contributed by atoms with Crippen LogP contribution < -0.4 is 5.32 Å². The molecule has 0 spiro atoms. The van der Waals surface area contributed by atoms with Gasteiger partial charge in [-0.1, -0.05) is 13.8 Å². The van der Waals surface area contributed by atoms with Gasteiger partial charge in [0.05, 0.1) is 4.88 Å². The average Bonchev–Trinajstić information content (AvgIpc) is 2.93. The molecule has 112 valence electrons. The molecule has 2 rings (SSSR count). The lowest BCUT2D eigenvalue weighted by Crippen LogP contribution is -2.38. The molecule has 1 aliphatic heterocycles. The quantitative estimate of drug-likeness (QED) is 0.787. The predicted octanol–water partition coefficient (Wildman–Crippen LogP) is 4.31. The van der Waals surface area contributed by atoms with Crippen LogP contribution in [-0.4, -0.2) is 24.1 Å². The number of amides is 1. The largest absolute Gasteiger partial charge is 0.351 e. The van der Waals surface area contributed by atoms with Gasteiger partial charge in [0.2, 0.25) is 0 Å². The van der Waals surface area contributed by atoms with Crippen molar-refractivity contribution >= 4 is 40.6 Å². The number of fused-ring (bicyclic) bond motifs is 1. The summed E-state index contributed by atoms with van der Waals surface area (Å²) in [7, 11) is 0. The van der Waals surface area contributed by atoms with Crippen molar-refractivity contribution in [1.82, 2.24) is 5.32 Å². The number of hydrogen-bond acceptors (Lipinski definition) is 3. The molecule has 1 aromatic heterocycles. The number of carbonyl (C=O) groups excluding carboxylic acids is 1. The number of nitrogens with one attached hydrogen (secondary N) is 1. The maximum atomic E-state index is 12.3. The Kier molecular flexibility index (Phi) is 5.82. The fourth-order valence-electron chi connectivity index (χ4n) is 2.35. The fourth-order valence-corrected chi connectivity index (χ4v) is 5.11. The van der Waals surface area contributed by atoms with Gasteiger partial charge in [0, 0.05) is 28.5 Å². The summed E-state index contributed by atoms with van der Waals surface area (Å²) in [6, 6.07) is 2.07. The van der Waals surface area contributed by atoms with E-state index in [4.69, 9.17) is 11.6 Å². The summed E-state index contributed by atoms with van der Waals surface area (Å²) in [4.78, 5) is 14.6. The maximum absolute atomic E-state index is 12.3. The third-order valence-electron chi connectivity index (χ3n) is 4.26. The number of thioether (sulfide) groups is 1. The van der Waals surface area contributed by atoms with E-state index in [-0.39, 0.29) is 11.3 Å². The first-order valence-electron chi connectivity index (χ1n) is 7.17. The Balaban J connectivity index is 1.99.